The molecule has 18 nitrogen and oxygen atoms in total. The third-order valence-corrected chi connectivity index (χ3v) is 9.70. The van der Waals surface area contributed by atoms with Crippen LogP contribution in [0.5, 0.6) is 0 Å². The molecule has 2 aliphatic rings. The molecule has 4 aromatic heterocycles. The standard InChI is InChI=1S/C18H24N8OS.C9H6ClN5S.C9H19N3O/c1-12(2)21-17(27)11-25-4-6-26(7-5-25)16-8-15(22-13(3)23-16)24-18-20-10-14(9-19)28-18;1-5-13-7(10)2-8(14-5)15-9-12-4-6(3-11)16-9;1-8(2)11-9(13)7-12-5-3-10-4-6-12/h8,10,12H,4-7,11H2,1-3H3,(H,21,27)(H,20,22,23,24);2,4H,1H3,(H,12,13,14,15);8,10H,3-7H2,1-2H3,(H,11,13). The van der Waals surface area contributed by atoms with Gasteiger partial charge in [-0.3, -0.25) is 19.4 Å². The van der Waals surface area contributed by atoms with E-state index in [1.807, 2.05) is 46.8 Å². The molecule has 2 amide bonds. The fourth-order valence-corrected chi connectivity index (χ4v) is 6.97. The van der Waals surface area contributed by atoms with Crippen LogP contribution in [0.2, 0.25) is 5.15 Å². The third kappa shape index (κ3) is 16.1. The summed E-state index contributed by atoms with van der Waals surface area (Å²) in [6, 6.07) is 7.98. The second-order valence-corrected chi connectivity index (χ2v) is 16.0. The Hall–Kier alpha value is -5.09. The molecule has 0 bridgehead atoms. The molecule has 304 valence electrons. The van der Waals surface area contributed by atoms with Crippen LogP contribution in [-0.2, 0) is 9.59 Å². The Labute approximate surface area is 346 Å². The Bertz CT molecular complexity index is 1980. The lowest BCUT2D eigenvalue weighted by molar-refractivity contribution is -0.123. The molecule has 0 radical (unpaired) electrons. The Balaban J connectivity index is 0.000000209. The van der Waals surface area contributed by atoms with E-state index in [9.17, 15) is 9.59 Å². The van der Waals surface area contributed by atoms with Crippen LogP contribution in [0, 0.1) is 36.5 Å². The van der Waals surface area contributed by atoms with Gasteiger partial charge >= 0.3 is 0 Å². The molecule has 0 spiro atoms. The molecule has 0 aliphatic carbocycles. The quantitative estimate of drug-likeness (QED) is 0.136. The lowest BCUT2D eigenvalue weighted by atomic mass is 10.3. The molecule has 0 atom stereocenters. The first kappa shape index (κ1) is 44.6. The van der Waals surface area contributed by atoms with Gasteiger partial charge in [0.1, 0.15) is 56.1 Å². The topological polar surface area (TPSA) is 229 Å². The number of amides is 2. The zero-order valence-electron chi connectivity index (χ0n) is 33.0. The monoisotopic (exact) mass is 836 g/mol. The molecule has 0 aromatic carbocycles. The predicted molar refractivity (Wildman–Crippen MR) is 223 cm³/mol. The second-order valence-electron chi connectivity index (χ2n) is 13.5. The van der Waals surface area contributed by atoms with Crippen LogP contribution < -0.4 is 31.5 Å². The van der Waals surface area contributed by atoms with Crippen molar-refractivity contribution in [3.05, 3.63) is 51.1 Å². The van der Waals surface area contributed by atoms with Gasteiger partial charge in [0.15, 0.2) is 10.3 Å². The number of thiazole rings is 2. The summed E-state index contributed by atoms with van der Waals surface area (Å²) in [6.45, 7) is 19.6. The van der Waals surface area contributed by atoms with Crippen molar-refractivity contribution >= 4 is 73.8 Å². The number of halogens is 1. The van der Waals surface area contributed by atoms with E-state index in [-0.39, 0.29) is 23.9 Å². The minimum absolute atomic E-state index is 0.0630. The summed E-state index contributed by atoms with van der Waals surface area (Å²) in [6.07, 6.45) is 3.04. The smallest absolute Gasteiger partial charge is 0.234 e. The van der Waals surface area contributed by atoms with Crippen LogP contribution in [0.3, 0.4) is 0 Å². The number of carbonyl (C=O) groups excluding carboxylic acids is 2. The van der Waals surface area contributed by atoms with Gasteiger partial charge in [-0.25, -0.2) is 29.9 Å². The summed E-state index contributed by atoms with van der Waals surface area (Å²) >= 11 is 8.32. The van der Waals surface area contributed by atoms with E-state index in [1.54, 1.807) is 13.0 Å². The van der Waals surface area contributed by atoms with E-state index in [4.69, 9.17) is 22.1 Å². The highest BCUT2D eigenvalue weighted by molar-refractivity contribution is 7.16. The predicted octanol–water partition coefficient (Wildman–Crippen LogP) is 3.43. The second kappa shape index (κ2) is 22.6. The summed E-state index contributed by atoms with van der Waals surface area (Å²) in [5.41, 5.74) is 0. The fourth-order valence-electron chi connectivity index (χ4n) is 5.51. The molecule has 21 heteroatoms. The van der Waals surface area contributed by atoms with Gasteiger partial charge in [-0.1, -0.05) is 34.3 Å². The number of hydrogen-bond donors (Lipinski definition) is 5. The number of aromatic nitrogens is 6. The van der Waals surface area contributed by atoms with Crippen LogP contribution >= 0.6 is 34.3 Å². The van der Waals surface area contributed by atoms with Gasteiger partial charge in [0.25, 0.3) is 0 Å². The normalized spacial score (nSPS) is 14.3. The molecular weight excluding hydrogens is 788 g/mol. The summed E-state index contributed by atoms with van der Waals surface area (Å²) < 4.78 is 0. The Kier molecular flexibility index (Phi) is 17.7. The van der Waals surface area contributed by atoms with Crippen molar-refractivity contribution in [2.24, 2.45) is 0 Å². The van der Waals surface area contributed by atoms with Gasteiger partial charge in [-0.15, -0.1) is 0 Å². The van der Waals surface area contributed by atoms with Gasteiger partial charge in [0.05, 0.1) is 25.5 Å². The van der Waals surface area contributed by atoms with Gasteiger partial charge in [-0.05, 0) is 41.5 Å². The largest absolute Gasteiger partial charge is 0.354 e. The Morgan fingerprint density at radius 3 is 1.68 bits per heavy atom. The fraction of sp³-hybridized carbons (Fsp3) is 0.500. The molecule has 0 saturated carbocycles. The average Bonchev–Trinajstić information content (AvgIpc) is 3.80. The van der Waals surface area contributed by atoms with E-state index in [0.717, 1.165) is 58.2 Å². The zero-order valence-corrected chi connectivity index (χ0v) is 35.4. The zero-order chi connectivity index (χ0) is 41.3. The van der Waals surface area contributed by atoms with Crippen molar-refractivity contribution in [1.29, 1.82) is 10.5 Å². The number of hydrogen-bond acceptors (Lipinski definition) is 18. The van der Waals surface area contributed by atoms with Crippen LogP contribution in [0.1, 0.15) is 49.1 Å². The summed E-state index contributed by atoms with van der Waals surface area (Å²) in [5, 5.41) is 34.4. The summed E-state index contributed by atoms with van der Waals surface area (Å²) in [5.74, 6) is 3.50. The summed E-state index contributed by atoms with van der Waals surface area (Å²) in [7, 11) is 0. The molecular formula is C36H49ClN16O2S2. The number of anilines is 5. The first-order chi connectivity index (χ1) is 27.3. The lowest BCUT2D eigenvalue weighted by Crippen LogP contribution is -2.50. The Morgan fingerprint density at radius 1 is 0.754 bits per heavy atom. The first-order valence-electron chi connectivity index (χ1n) is 18.4. The molecule has 4 aromatic rings. The first-order valence-corrected chi connectivity index (χ1v) is 20.4. The highest BCUT2D eigenvalue weighted by Crippen LogP contribution is 2.24. The van der Waals surface area contributed by atoms with E-state index < -0.39 is 0 Å². The highest BCUT2D eigenvalue weighted by atomic mass is 35.5. The Morgan fingerprint density at radius 2 is 1.23 bits per heavy atom. The maximum Gasteiger partial charge on any atom is 0.234 e. The van der Waals surface area contributed by atoms with Crippen molar-refractivity contribution < 1.29 is 9.59 Å². The minimum atomic E-state index is 0.0630. The van der Waals surface area contributed by atoms with Crippen molar-refractivity contribution in [3.63, 3.8) is 0 Å². The van der Waals surface area contributed by atoms with Gasteiger partial charge < -0.3 is 31.5 Å². The molecule has 2 fully saturated rings. The number of aryl methyl sites for hydroxylation is 2. The number of piperazine rings is 2. The number of nitriles is 2. The number of rotatable bonds is 11. The van der Waals surface area contributed by atoms with Crippen LogP contribution in [-0.4, -0.2) is 129 Å². The van der Waals surface area contributed by atoms with Crippen molar-refractivity contribution in [3.8, 4) is 12.1 Å². The number of nitrogens with zero attached hydrogens (tertiary/aromatic N) is 11. The van der Waals surface area contributed by atoms with Crippen molar-refractivity contribution in [1.82, 2.24) is 55.7 Å². The van der Waals surface area contributed by atoms with E-state index in [0.29, 0.717) is 61.5 Å². The highest BCUT2D eigenvalue weighted by Gasteiger charge is 2.21. The SMILES string of the molecule is CC(C)NC(=O)CN1CCNCC1.Cc1nc(Cl)cc(Nc2ncc(C#N)s2)n1.Cc1nc(Nc2ncc(C#N)s2)cc(N2CCN(CC(=O)NC(C)C)CC2)n1. The van der Waals surface area contributed by atoms with Gasteiger partial charge in [-0.2, -0.15) is 10.5 Å². The molecule has 6 heterocycles. The molecule has 0 unspecified atom stereocenters. The molecule has 57 heavy (non-hydrogen) atoms. The number of nitrogens with one attached hydrogen (secondary N) is 5. The van der Waals surface area contributed by atoms with Crippen molar-refractivity contribution in [2.45, 2.75) is 53.6 Å². The molecule has 2 aliphatic heterocycles. The molecule has 5 N–H and O–H groups in total. The average molecular weight is 837 g/mol. The lowest BCUT2D eigenvalue weighted by Gasteiger charge is -2.35. The van der Waals surface area contributed by atoms with Gasteiger partial charge in [0.2, 0.25) is 11.8 Å². The maximum atomic E-state index is 11.9. The maximum absolute atomic E-state index is 11.9. The van der Waals surface area contributed by atoms with E-state index >= 15 is 0 Å². The third-order valence-electron chi connectivity index (χ3n) is 7.87. The van der Waals surface area contributed by atoms with Gasteiger partial charge in [0, 0.05) is 76.6 Å². The molecule has 2 saturated heterocycles. The number of carbonyl (C=O) groups is 2. The van der Waals surface area contributed by atoms with Crippen molar-refractivity contribution in [2.75, 3.05) is 81.0 Å². The van der Waals surface area contributed by atoms with Crippen LogP contribution in [0.4, 0.5) is 27.7 Å². The molecule has 6 rings (SSSR count). The van der Waals surface area contributed by atoms with E-state index in [1.165, 1.54) is 35.1 Å². The van der Waals surface area contributed by atoms with Crippen LogP contribution in [0.15, 0.2) is 24.5 Å². The van der Waals surface area contributed by atoms with Crippen LogP contribution in [0.25, 0.3) is 0 Å². The van der Waals surface area contributed by atoms with E-state index in [2.05, 4.69) is 77.3 Å². The summed E-state index contributed by atoms with van der Waals surface area (Å²) in [4.78, 5) is 56.1. The minimum Gasteiger partial charge on any atom is -0.354 e.